The molecule has 0 spiro atoms. The number of hydrogen-bond acceptors (Lipinski definition) is 6. The minimum Gasteiger partial charge on any atom is -0.466 e. The molecule has 0 saturated heterocycles. The van der Waals surface area contributed by atoms with Crippen LogP contribution in [0, 0.1) is 0 Å². The number of hydrogen-bond donors (Lipinski definition) is 0. The van der Waals surface area contributed by atoms with Gasteiger partial charge in [0.1, 0.15) is 5.01 Å². The first kappa shape index (κ1) is 28.5. The second kappa shape index (κ2) is 13.5. The quantitative estimate of drug-likeness (QED) is 0.117. The Balaban J connectivity index is 1.26. The van der Waals surface area contributed by atoms with E-state index in [4.69, 9.17) is 9.72 Å². The Hall–Kier alpha value is -2.55. The number of anilines is 1. The van der Waals surface area contributed by atoms with E-state index in [1.54, 1.807) is 17.5 Å². The second-order valence-corrected chi connectivity index (χ2v) is 12.3. The van der Waals surface area contributed by atoms with Gasteiger partial charge in [0.15, 0.2) is 5.65 Å². The molecule has 0 amide bonds. The van der Waals surface area contributed by atoms with Crippen LogP contribution in [0.1, 0.15) is 56.0 Å². The van der Waals surface area contributed by atoms with Gasteiger partial charge in [-0.25, -0.2) is 9.97 Å². The van der Waals surface area contributed by atoms with Crippen LogP contribution in [0.3, 0.4) is 0 Å². The van der Waals surface area contributed by atoms with Crippen molar-refractivity contribution in [2.24, 2.45) is 0 Å². The smallest absolute Gasteiger partial charge is 0.305 e. The highest BCUT2D eigenvalue weighted by Crippen LogP contribution is 2.35. The number of pyridine rings is 1. The Labute approximate surface area is 238 Å². The van der Waals surface area contributed by atoms with E-state index >= 15 is 0 Å². The zero-order chi connectivity index (χ0) is 27.0. The number of aromatic nitrogens is 2. The van der Waals surface area contributed by atoms with Gasteiger partial charge in [-0.2, -0.15) is 0 Å². The molecule has 0 bridgehead atoms. The van der Waals surface area contributed by atoms with Crippen molar-refractivity contribution in [3.8, 4) is 0 Å². The summed E-state index contributed by atoms with van der Waals surface area (Å²) in [4.78, 5) is 23.1. The first-order valence-corrected chi connectivity index (χ1v) is 15.1. The fourth-order valence-corrected chi connectivity index (χ4v) is 6.21. The minimum atomic E-state index is -0.0779. The number of fused-ring (bicyclic) bond motifs is 2. The topological polar surface area (TPSA) is 55.3 Å². The Morgan fingerprint density at radius 2 is 1.92 bits per heavy atom. The summed E-state index contributed by atoms with van der Waals surface area (Å²) in [6.07, 6.45) is 14.6. The molecule has 0 fully saturated rings. The highest BCUT2D eigenvalue weighted by molar-refractivity contribution is 9.10. The summed E-state index contributed by atoms with van der Waals surface area (Å²) in [7, 11) is 4.52. The van der Waals surface area contributed by atoms with Crippen LogP contribution in [0.4, 0.5) is 5.69 Å². The molecule has 1 aliphatic rings. The molecule has 6 nitrogen and oxygen atoms in total. The monoisotopic (exact) mass is 597 g/mol. The first-order valence-electron chi connectivity index (χ1n) is 13.5. The van der Waals surface area contributed by atoms with Crippen LogP contribution < -0.4 is 4.90 Å². The Bertz CT molecular complexity index is 1300. The van der Waals surface area contributed by atoms with Crippen molar-refractivity contribution in [3.05, 3.63) is 63.8 Å². The predicted octanol–water partition coefficient (Wildman–Crippen LogP) is 7.31. The zero-order valence-corrected chi connectivity index (χ0v) is 25.1. The van der Waals surface area contributed by atoms with E-state index in [9.17, 15) is 4.79 Å². The number of carbonyl (C=O) groups is 1. The van der Waals surface area contributed by atoms with E-state index in [1.165, 1.54) is 36.1 Å². The van der Waals surface area contributed by atoms with Gasteiger partial charge in [-0.3, -0.25) is 4.79 Å². The molecule has 2 aromatic heterocycles. The maximum absolute atomic E-state index is 11.6. The Morgan fingerprint density at radius 1 is 1.13 bits per heavy atom. The van der Waals surface area contributed by atoms with Crippen molar-refractivity contribution >= 4 is 60.9 Å². The maximum Gasteiger partial charge on any atom is 0.305 e. The lowest BCUT2D eigenvalue weighted by Crippen LogP contribution is -2.41. The number of quaternary nitrogens is 1. The number of nitrogens with zero attached hydrogens (tertiary/aromatic N) is 4. The van der Waals surface area contributed by atoms with E-state index < -0.39 is 0 Å². The molecule has 3 aromatic rings. The maximum atomic E-state index is 11.6. The standard InChI is InChI=1S/C30H38BrN4O2S/c1-4-37-29(36)14-11-19-35(2,3)18-10-6-5-9-16-34-17-15-23(25-12-7-8-13-26(25)34)20-28-33-30-27(38-28)21-24(31)22-32-30/h7-8,12-13,15,17,20-22H,4-6,9-11,14,16,18-19H2,1-3H3/q+1. The van der Waals surface area contributed by atoms with Crippen LogP contribution in [0.2, 0.25) is 0 Å². The van der Waals surface area contributed by atoms with Gasteiger partial charge in [0, 0.05) is 41.1 Å². The van der Waals surface area contributed by atoms with Crippen LogP contribution in [-0.2, 0) is 9.53 Å². The van der Waals surface area contributed by atoms with E-state index in [-0.39, 0.29) is 5.97 Å². The summed E-state index contributed by atoms with van der Waals surface area (Å²) in [6, 6.07) is 10.7. The highest BCUT2D eigenvalue weighted by atomic mass is 79.9. The van der Waals surface area contributed by atoms with E-state index in [2.05, 4.69) is 88.6 Å². The third-order valence-electron chi connectivity index (χ3n) is 6.83. The lowest BCUT2D eigenvalue weighted by molar-refractivity contribution is -0.890. The summed E-state index contributed by atoms with van der Waals surface area (Å²) in [5, 5.41) is 0.968. The molecule has 38 heavy (non-hydrogen) atoms. The molecule has 0 N–H and O–H groups in total. The largest absolute Gasteiger partial charge is 0.466 e. The van der Waals surface area contributed by atoms with E-state index in [0.29, 0.717) is 13.0 Å². The van der Waals surface area contributed by atoms with E-state index in [0.717, 1.165) is 56.8 Å². The van der Waals surface area contributed by atoms with Crippen molar-refractivity contribution in [3.63, 3.8) is 0 Å². The number of rotatable bonds is 13. The van der Waals surface area contributed by atoms with Crippen molar-refractivity contribution in [1.29, 1.82) is 0 Å². The number of unbranched alkanes of at least 4 members (excludes halogenated alkanes) is 3. The lowest BCUT2D eigenvalue weighted by Gasteiger charge is -2.30. The molecular formula is C30H38BrN4O2S+. The van der Waals surface area contributed by atoms with Crippen LogP contribution in [0.25, 0.3) is 22.0 Å². The van der Waals surface area contributed by atoms with Gasteiger partial charge >= 0.3 is 5.97 Å². The minimum absolute atomic E-state index is 0.0779. The molecule has 0 radical (unpaired) electrons. The summed E-state index contributed by atoms with van der Waals surface area (Å²) < 4.78 is 8.05. The fourth-order valence-electron chi connectivity index (χ4n) is 4.81. The highest BCUT2D eigenvalue weighted by Gasteiger charge is 2.18. The van der Waals surface area contributed by atoms with Crippen molar-refractivity contribution in [2.75, 3.05) is 45.2 Å². The van der Waals surface area contributed by atoms with Crippen LogP contribution in [-0.4, -0.2) is 60.8 Å². The number of allylic oxidation sites excluding steroid dienone is 2. The van der Waals surface area contributed by atoms with Gasteiger partial charge in [-0.15, -0.1) is 11.3 Å². The van der Waals surface area contributed by atoms with Crippen molar-refractivity contribution in [2.45, 2.75) is 45.4 Å². The number of benzene rings is 1. The van der Waals surface area contributed by atoms with Gasteiger partial charge in [0.25, 0.3) is 0 Å². The molecule has 0 unspecified atom stereocenters. The number of halogens is 1. The Kier molecular flexibility index (Phi) is 10.1. The van der Waals surface area contributed by atoms with Gasteiger partial charge < -0.3 is 14.1 Å². The number of esters is 1. The third kappa shape index (κ3) is 7.98. The number of thiazole rings is 1. The molecule has 1 aliphatic heterocycles. The van der Waals surface area contributed by atoms with Crippen LogP contribution >= 0.6 is 27.3 Å². The molecular weight excluding hydrogens is 560 g/mol. The second-order valence-electron chi connectivity index (χ2n) is 10.4. The number of ether oxygens (including phenoxy) is 1. The van der Waals surface area contributed by atoms with Gasteiger partial charge in [0.2, 0.25) is 0 Å². The molecule has 1 aromatic carbocycles. The number of para-hydroxylation sites is 1. The van der Waals surface area contributed by atoms with Crippen LogP contribution in [0.5, 0.6) is 0 Å². The molecule has 0 aliphatic carbocycles. The summed E-state index contributed by atoms with van der Waals surface area (Å²) in [5.74, 6) is -0.0779. The van der Waals surface area contributed by atoms with Gasteiger partial charge in [-0.05, 0) is 72.0 Å². The molecule has 202 valence electrons. The van der Waals surface area contributed by atoms with Crippen molar-refractivity contribution < 1.29 is 14.0 Å². The average molecular weight is 599 g/mol. The molecule has 0 saturated carbocycles. The van der Waals surface area contributed by atoms with E-state index in [1.807, 2.05) is 6.92 Å². The summed E-state index contributed by atoms with van der Waals surface area (Å²) in [5.41, 5.74) is 4.46. The summed E-state index contributed by atoms with van der Waals surface area (Å²) in [6.45, 7) is 5.48. The fraction of sp³-hybridized carbons (Fsp3) is 0.433. The molecule has 8 heteroatoms. The molecule has 0 atom stereocenters. The summed E-state index contributed by atoms with van der Waals surface area (Å²) >= 11 is 5.16. The van der Waals surface area contributed by atoms with Crippen LogP contribution in [0.15, 0.2) is 53.3 Å². The Morgan fingerprint density at radius 3 is 2.76 bits per heavy atom. The molecule has 3 heterocycles. The first-order chi connectivity index (χ1) is 18.3. The average Bonchev–Trinajstić information content (AvgIpc) is 3.28. The predicted molar refractivity (Wildman–Crippen MR) is 162 cm³/mol. The number of carbonyl (C=O) groups excluding carboxylic acids is 1. The zero-order valence-electron chi connectivity index (χ0n) is 22.7. The molecule has 4 rings (SSSR count). The van der Waals surface area contributed by atoms with Gasteiger partial charge in [-0.1, -0.05) is 24.6 Å². The van der Waals surface area contributed by atoms with Crippen molar-refractivity contribution in [1.82, 2.24) is 9.97 Å². The third-order valence-corrected chi connectivity index (χ3v) is 8.20. The SMILES string of the molecule is CCOC(=O)CCC[N+](C)(C)CCCCCCN1C=CC(=Cc2nc3ncc(Br)cc3s2)c2ccccc21. The van der Waals surface area contributed by atoms with Gasteiger partial charge in [0.05, 0.1) is 44.9 Å². The normalized spacial score (nSPS) is 14.3. The lowest BCUT2D eigenvalue weighted by atomic mass is 9.99.